The summed E-state index contributed by atoms with van der Waals surface area (Å²) >= 11 is 0. The maximum atomic E-state index is 5.51. The van der Waals surface area contributed by atoms with Crippen LogP contribution < -0.4 is 5.32 Å². The van der Waals surface area contributed by atoms with E-state index in [0.717, 1.165) is 32.1 Å². The maximum Gasteiger partial charge on any atom is 0.122 e. The minimum absolute atomic E-state index is 0.297. The zero-order valence-corrected chi connectivity index (χ0v) is 9.86. The van der Waals surface area contributed by atoms with Crippen molar-refractivity contribution in [3.05, 3.63) is 18.2 Å². The zero-order valence-electron chi connectivity index (χ0n) is 9.86. The molecular formula is C11H21N3O. The predicted octanol–water partition coefficient (Wildman–Crippen LogP) is 1.42. The minimum Gasteiger partial charge on any atom is -0.377 e. The summed E-state index contributed by atoms with van der Waals surface area (Å²) in [6.45, 7) is 9.60. The third kappa shape index (κ3) is 4.44. The second-order valence-electron chi connectivity index (χ2n) is 3.74. The van der Waals surface area contributed by atoms with E-state index in [0.29, 0.717) is 6.10 Å². The molecule has 0 aromatic carbocycles. The molecular weight excluding hydrogens is 190 g/mol. The Morgan fingerprint density at radius 1 is 1.53 bits per heavy atom. The molecule has 0 fully saturated rings. The van der Waals surface area contributed by atoms with Crippen LogP contribution in [-0.4, -0.2) is 28.8 Å². The van der Waals surface area contributed by atoms with Gasteiger partial charge in [-0.1, -0.05) is 6.92 Å². The lowest BCUT2D eigenvalue weighted by atomic mass is 10.5. The average molecular weight is 211 g/mol. The fourth-order valence-corrected chi connectivity index (χ4v) is 1.33. The highest BCUT2D eigenvalue weighted by molar-refractivity contribution is 4.91. The molecule has 4 nitrogen and oxygen atoms in total. The highest BCUT2D eigenvalue weighted by Crippen LogP contribution is 1.98. The van der Waals surface area contributed by atoms with Crippen molar-refractivity contribution in [3.8, 4) is 0 Å². The summed E-state index contributed by atoms with van der Waals surface area (Å²) in [6, 6.07) is 0. The third-order valence-corrected chi connectivity index (χ3v) is 2.12. The van der Waals surface area contributed by atoms with Gasteiger partial charge in [-0.05, 0) is 20.4 Å². The van der Waals surface area contributed by atoms with E-state index in [-0.39, 0.29) is 0 Å². The van der Waals surface area contributed by atoms with E-state index in [1.165, 1.54) is 0 Å². The van der Waals surface area contributed by atoms with Crippen molar-refractivity contribution in [3.63, 3.8) is 0 Å². The highest BCUT2D eigenvalue weighted by Gasteiger charge is 2.01. The summed E-state index contributed by atoms with van der Waals surface area (Å²) in [5, 5.41) is 3.27. The van der Waals surface area contributed by atoms with Crippen LogP contribution in [0.25, 0.3) is 0 Å². The van der Waals surface area contributed by atoms with E-state index < -0.39 is 0 Å². The first kappa shape index (κ1) is 12.2. The summed E-state index contributed by atoms with van der Waals surface area (Å²) in [4.78, 5) is 4.30. The molecule has 86 valence electrons. The number of rotatable bonds is 7. The van der Waals surface area contributed by atoms with Crippen LogP contribution >= 0.6 is 0 Å². The van der Waals surface area contributed by atoms with Crippen LogP contribution in [0.2, 0.25) is 0 Å². The molecule has 1 rings (SSSR count). The molecule has 1 heterocycles. The van der Waals surface area contributed by atoms with Gasteiger partial charge >= 0.3 is 0 Å². The number of imidazole rings is 1. The summed E-state index contributed by atoms with van der Waals surface area (Å²) in [6.07, 6.45) is 4.13. The first-order valence-corrected chi connectivity index (χ1v) is 5.56. The molecule has 1 aromatic rings. The Labute approximate surface area is 91.7 Å². The van der Waals surface area contributed by atoms with Gasteiger partial charge in [0.05, 0.1) is 19.3 Å². The van der Waals surface area contributed by atoms with Gasteiger partial charge in [-0.2, -0.15) is 0 Å². The fraction of sp³-hybridized carbons (Fsp3) is 0.727. The normalized spacial score (nSPS) is 11.2. The summed E-state index contributed by atoms with van der Waals surface area (Å²) < 4.78 is 7.64. The van der Waals surface area contributed by atoms with Gasteiger partial charge in [0.2, 0.25) is 0 Å². The van der Waals surface area contributed by atoms with Crippen molar-refractivity contribution < 1.29 is 4.74 Å². The Morgan fingerprint density at radius 2 is 2.33 bits per heavy atom. The van der Waals surface area contributed by atoms with Crippen LogP contribution in [0.15, 0.2) is 12.4 Å². The molecule has 0 aliphatic rings. The fourth-order valence-electron chi connectivity index (χ4n) is 1.33. The Balaban J connectivity index is 2.35. The van der Waals surface area contributed by atoms with E-state index in [1.807, 2.05) is 26.2 Å². The van der Waals surface area contributed by atoms with Gasteiger partial charge in [-0.15, -0.1) is 0 Å². The molecule has 0 unspecified atom stereocenters. The largest absolute Gasteiger partial charge is 0.377 e. The number of hydrogen-bond acceptors (Lipinski definition) is 3. The smallest absolute Gasteiger partial charge is 0.122 e. The number of aromatic nitrogens is 2. The summed E-state index contributed by atoms with van der Waals surface area (Å²) in [5.74, 6) is 1.07. The van der Waals surface area contributed by atoms with Crippen molar-refractivity contribution in [2.45, 2.75) is 40.0 Å². The number of hydrogen-bond donors (Lipinski definition) is 1. The molecule has 0 radical (unpaired) electrons. The molecule has 0 amide bonds. The standard InChI is InChI=1S/C11H21N3O/c1-4-12-9-11-13-5-6-14(11)7-8-15-10(2)3/h5-6,10,12H,4,7-9H2,1-3H3. The topological polar surface area (TPSA) is 39.1 Å². The second-order valence-corrected chi connectivity index (χ2v) is 3.74. The van der Waals surface area contributed by atoms with E-state index in [4.69, 9.17) is 4.74 Å². The van der Waals surface area contributed by atoms with E-state index in [9.17, 15) is 0 Å². The van der Waals surface area contributed by atoms with Crippen LogP contribution in [0.3, 0.4) is 0 Å². The number of nitrogens with one attached hydrogen (secondary N) is 1. The SMILES string of the molecule is CCNCc1nccn1CCOC(C)C. The van der Waals surface area contributed by atoms with Crippen LogP contribution in [-0.2, 0) is 17.8 Å². The molecule has 1 N–H and O–H groups in total. The van der Waals surface area contributed by atoms with Gasteiger partial charge in [0.1, 0.15) is 5.82 Å². The van der Waals surface area contributed by atoms with Gasteiger partial charge in [0.15, 0.2) is 0 Å². The van der Waals surface area contributed by atoms with Crippen molar-refractivity contribution in [1.29, 1.82) is 0 Å². The Morgan fingerprint density at radius 3 is 3.00 bits per heavy atom. The molecule has 0 aliphatic carbocycles. The molecule has 0 saturated heterocycles. The average Bonchev–Trinajstić information content (AvgIpc) is 2.62. The van der Waals surface area contributed by atoms with Gasteiger partial charge in [0, 0.05) is 18.9 Å². The molecule has 0 atom stereocenters. The summed E-state index contributed by atoms with van der Waals surface area (Å²) in [5.41, 5.74) is 0. The molecule has 0 spiro atoms. The molecule has 0 saturated carbocycles. The Hall–Kier alpha value is -0.870. The summed E-state index contributed by atoms with van der Waals surface area (Å²) in [7, 11) is 0. The molecule has 15 heavy (non-hydrogen) atoms. The van der Waals surface area contributed by atoms with E-state index >= 15 is 0 Å². The third-order valence-electron chi connectivity index (χ3n) is 2.12. The van der Waals surface area contributed by atoms with E-state index in [2.05, 4.69) is 21.8 Å². The van der Waals surface area contributed by atoms with Crippen LogP contribution in [0, 0.1) is 0 Å². The monoisotopic (exact) mass is 211 g/mol. The lowest BCUT2D eigenvalue weighted by Crippen LogP contribution is -2.18. The number of nitrogens with zero attached hydrogens (tertiary/aromatic N) is 2. The molecule has 1 aromatic heterocycles. The molecule has 0 aliphatic heterocycles. The Bertz CT molecular complexity index is 271. The van der Waals surface area contributed by atoms with Gasteiger partial charge < -0.3 is 14.6 Å². The molecule has 0 bridgehead atoms. The lowest BCUT2D eigenvalue weighted by Gasteiger charge is -2.10. The van der Waals surface area contributed by atoms with Gasteiger partial charge in [0.25, 0.3) is 0 Å². The van der Waals surface area contributed by atoms with Gasteiger partial charge in [-0.25, -0.2) is 4.98 Å². The first-order chi connectivity index (χ1) is 7.24. The first-order valence-electron chi connectivity index (χ1n) is 5.56. The quantitative estimate of drug-likeness (QED) is 0.741. The van der Waals surface area contributed by atoms with Crippen molar-refractivity contribution in [2.24, 2.45) is 0 Å². The zero-order chi connectivity index (χ0) is 11.1. The number of ether oxygens (including phenoxy) is 1. The lowest BCUT2D eigenvalue weighted by molar-refractivity contribution is 0.0723. The maximum absolute atomic E-state index is 5.51. The minimum atomic E-state index is 0.297. The molecule has 4 heteroatoms. The van der Waals surface area contributed by atoms with Crippen molar-refractivity contribution in [2.75, 3.05) is 13.2 Å². The van der Waals surface area contributed by atoms with Crippen molar-refractivity contribution >= 4 is 0 Å². The van der Waals surface area contributed by atoms with Crippen LogP contribution in [0.4, 0.5) is 0 Å². The van der Waals surface area contributed by atoms with Crippen molar-refractivity contribution in [1.82, 2.24) is 14.9 Å². The van der Waals surface area contributed by atoms with Crippen LogP contribution in [0.1, 0.15) is 26.6 Å². The highest BCUT2D eigenvalue weighted by atomic mass is 16.5. The predicted molar refractivity (Wildman–Crippen MR) is 60.7 cm³/mol. The second kappa shape index (κ2) is 6.58. The van der Waals surface area contributed by atoms with Crippen LogP contribution in [0.5, 0.6) is 0 Å². The van der Waals surface area contributed by atoms with Gasteiger partial charge in [-0.3, -0.25) is 0 Å². The van der Waals surface area contributed by atoms with E-state index in [1.54, 1.807) is 0 Å². The Kier molecular flexibility index (Phi) is 5.36.